The zero-order valence-electron chi connectivity index (χ0n) is 17.1. The molecule has 1 saturated carbocycles. The van der Waals surface area contributed by atoms with E-state index in [1.54, 1.807) is 0 Å². The molecule has 3 rings (SSSR count). The average molecular weight is 420 g/mol. The number of aliphatic hydroxyl groups excluding tert-OH is 1. The molecule has 1 fully saturated rings. The molecule has 5 atom stereocenters. The third kappa shape index (κ3) is 5.86. The average Bonchev–Trinajstić information content (AvgIpc) is 2.72. The van der Waals surface area contributed by atoms with Gasteiger partial charge in [-0.3, -0.25) is 20.6 Å². The molecule has 2 aliphatic carbocycles. The highest BCUT2D eigenvalue weighted by Crippen LogP contribution is 2.19. The quantitative estimate of drug-likeness (QED) is 0.165. The first kappa shape index (κ1) is 22.4. The van der Waals surface area contributed by atoms with Gasteiger partial charge in [-0.15, -0.1) is 0 Å². The van der Waals surface area contributed by atoms with Crippen LogP contribution >= 0.6 is 0 Å². The van der Waals surface area contributed by atoms with Crippen molar-refractivity contribution >= 4 is 17.7 Å². The molecule has 0 saturated heterocycles. The molecule has 11 nitrogen and oxygen atoms in total. The standard InChI is InChI=1S/C19H33N9O2/c20-7-8-24-28-12-4-1-3-11(9-12)25-18-13(17(22)30)10-23-19(27-18)26-14-5-2-6-15(29)16(14)21/h1,3,9,12-16,24,28-29H,2,4-8,10,20-21H2,(H2,22,30)(H2,23,25,26,27)/t12?,13?,14-,15?,16-/m1/s1. The van der Waals surface area contributed by atoms with Crippen LogP contribution in [0.1, 0.15) is 25.7 Å². The zero-order valence-corrected chi connectivity index (χ0v) is 17.1. The van der Waals surface area contributed by atoms with Crippen LogP contribution in [-0.2, 0) is 4.79 Å². The number of aliphatic hydroxyl groups is 1. The molecule has 1 heterocycles. The molecule has 11 heteroatoms. The maximum Gasteiger partial charge on any atom is 0.230 e. The van der Waals surface area contributed by atoms with Crippen LogP contribution in [0.2, 0.25) is 0 Å². The highest BCUT2D eigenvalue weighted by molar-refractivity contribution is 6.09. The van der Waals surface area contributed by atoms with Crippen molar-refractivity contribution in [2.24, 2.45) is 33.1 Å². The maximum absolute atomic E-state index is 11.9. The Morgan fingerprint density at radius 1 is 1.33 bits per heavy atom. The van der Waals surface area contributed by atoms with E-state index in [0.717, 1.165) is 25.0 Å². The molecule has 3 aliphatic rings. The number of hydrogen-bond acceptors (Lipinski definition) is 10. The minimum absolute atomic E-state index is 0.0771. The summed E-state index contributed by atoms with van der Waals surface area (Å²) in [4.78, 5) is 20.8. The molecule has 0 aromatic rings. The van der Waals surface area contributed by atoms with Gasteiger partial charge in [0.15, 0.2) is 0 Å². The highest BCUT2D eigenvalue weighted by atomic mass is 16.3. The molecule has 1 amide bonds. The minimum Gasteiger partial charge on any atom is -0.391 e. The summed E-state index contributed by atoms with van der Waals surface area (Å²) in [6.45, 7) is 1.40. The molecule has 1 aliphatic heterocycles. The second-order valence-electron chi connectivity index (χ2n) is 7.79. The third-order valence-electron chi connectivity index (χ3n) is 5.46. The van der Waals surface area contributed by atoms with Gasteiger partial charge in [0.25, 0.3) is 0 Å². The number of allylic oxidation sites excluding steroid dienone is 1. The van der Waals surface area contributed by atoms with Crippen molar-refractivity contribution in [1.29, 1.82) is 0 Å². The Hall–Kier alpha value is -2.31. The van der Waals surface area contributed by atoms with Gasteiger partial charge in [0.1, 0.15) is 11.8 Å². The van der Waals surface area contributed by atoms with E-state index in [1.165, 1.54) is 0 Å². The number of amidine groups is 1. The number of carbonyl (C=O) groups excluding carboxylic acids is 1. The second-order valence-corrected chi connectivity index (χ2v) is 7.79. The summed E-state index contributed by atoms with van der Waals surface area (Å²) in [7, 11) is 0. The van der Waals surface area contributed by atoms with Gasteiger partial charge >= 0.3 is 0 Å². The Morgan fingerprint density at radius 3 is 2.93 bits per heavy atom. The molecular weight excluding hydrogens is 386 g/mol. The Morgan fingerprint density at radius 2 is 2.17 bits per heavy atom. The summed E-state index contributed by atoms with van der Waals surface area (Å²) in [5.74, 6) is -0.298. The fourth-order valence-electron chi connectivity index (χ4n) is 3.73. The monoisotopic (exact) mass is 419 g/mol. The number of hydrogen-bond donors (Lipinski definition) is 8. The van der Waals surface area contributed by atoms with Crippen LogP contribution in [0.5, 0.6) is 0 Å². The maximum atomic E-state index is 11.9. The first-order valence-electron chi connectivity index (χ1n) is 10.4. The van der Waals surface area contributed by atoms with Gasteiger partial charge in [-0.1, -0.05) is 6.08 Å². The minimum atomic E-state index is -0.640. The fraction of sp³-hybridized carbons (Fsp3) is 0.632. The van der Waals surface area contributed by atoms with Crippen LogP contribution in [0.4, 0.5) is 0 Å². The molecule has 30 heavy (non-hydrogen) atoms. The van der Waals surface area contributed by atoms with Crippen molar-refractivity contribution in [3.05, 3.63) is 23.9 Å². The Bertz CT molecular complexity index is 734. The smallest absolute Gasteiger partial charge is 0.230 e. The lowest BCUT2D eigenvalue weighted by Crippen LogP contribution is -2.56. The number of amides is 1. The lowest BCUT2D eigenvalue weighted by molar-refractivity contribution is -0.119. The molecule has 3 unspecified atom stereocenters. The first-order valence-corrected chi connectivity index (χ1v) is 10.4. The molecule has 11 N–H and O–H groups in total. The molecule has 0 bridgehead atoms. The van der Waals surface area contributed by atoms with Crippen LogP contribution in [0.25, 0.3) is 0 Å². The number of nitrogens with two attached hydrogens (primary N) is 3. The van der Waals surface area contributed by atoms with E-state index in [4.69, 9.17) is 17.2 Å². The summed E-state index contributed by atoms with van der Waals surface area (Å²) in [5.41, 5.74) is 24.3. The number of hydrazine groups is 1. The number of aliphatic imine (C=N–C) groups is 2. The van der Waals surface area contributed by atoms with Gasteiger partial charge in [-0.2, -0.15) is 4.99 Å². The van der Waals surface area contributed by atoms with Crippen molar-refractivity contribution < 1.29 is 9.90 Å². The summed E-state index contributed by atoms with van der Waals surface area (Å²) in [6, 6.07) is -0.439. The van der Waals surface area contributed by atoms with Crippen molar-refractivity contribution in [3.63, 3.8) is 0 Å². The molecule has 0 aromatic heterocycles. The summed E-state index contributed by atoms with van der Waals surface area (Å²) < 4.78 is 0. The van der Waals surface area contributed by atoms with E-state index in [0.29, 0.717) is 31.3 Å². The number of carbonyl (C=O) groups is 1. The van der Waals surface area contributed by atoms with Crippen molar-refractivity contribution in [2.45, 2.75) is 49.9 Å². The predicted octanol–water partition coefficient (Wildman–Crippen LogP) is -2.46. The molecule has 166 valence electrons. The van der Waals surface area contributed by atoms with E-state index in [2.05, 4.69) is 31.5 Å². The van der Waals surface area contributed by atoms with Crippen LogP contribution < -0.4 is 38.7 Å². The zero-order chi connectivity index (χ0) is 21.5. The topological polar surface area (TPSA) is 188 Å². The van der Waals surface area contributed by atoms with E-state index in [1.807, 2.05) is 18.2 Å². The molecular formula is C19H33N9O2. The molecule has 0 aromatic carbocycles. The fourth-order valence-corrected chi connectivity index (χ4v) is 3.73. The summed E-state index contributed by atoms with van der Waals surface area (Å²) in [5, 5.41) is 16.5. The normalized spacial score (nSPS) is 31.4. The third-order valence-corrected chi connectivity index (χ3v) is 5.46. The highest BCUT2D eigenvalue weighted by Gasteiger charge is 2.32. The Labute approximate surface area is 176 Å². The molecule has 0 spiro atoms. The van der Waals surface area contributed by atoms with Gasteiger partial charge < -0.3 is 32.9 Å². The van der Waals surface area contributed by atoms with Crippen molar-refractivity contribution in [2.75, 3.05) is 19.6 Å². The van der Waals surface area contributed by atoms with Crippen LogP contribution in [0.15, 0.2) is 33.9 Å². The number of guanidine groups is 1. The van der Waals surface area contributed by atoms with E-state index in [9.17, 15) is 9.90 Å². The Kier molecular flexibility index (Phi) is 7.94. The SMILES string of the molecule is NCCNNC1C=C(NC2=NC(N[C@@H]3CCCC(O)[C@@H]3N)=NCC2C(N)=O)C=CC1. The van der Waals surface area contributed by atoms with Gasteiger partial charge in [0.05, 0.1) is 18.7 Å². The first-order chi connectivity index (χ1) is 14.5. The lowest BCUT2D eigenvalue weighted by Gasteiger charge is -2.34. The predicted molar refractivity (Wildman–Crippen MR) is 116 cm³/mol. The Balaban J connectivity index is 1.69. The largest absolute Gasteiger partial charge is 0.391 e. The van der Waals surface area contributed by atoms with Crippen LogP contribution in [-0.4, -0.2) is 66.7 Å². The van der Waals surface area contributed by atoms with Crippen LogP contribution in [0.3, 0.4) is 0 Å². The van der Waals surface area contributed by atoms with Gasteiger partial charge in [-0.25, -0.2) is 0 Å². The second kappa shape index (κ2) is 10.6. The van der Waals surface area contributed by atoms with Crippen LogP contribution in [0, 0.1) is 5.92 Å². The van der Waals surface area contributed by atoms with E-state index in [-0.39, 0.29) is 18.6 Å². The van der Waals surface area contributed by atoms with E-state index < -0.39 is 24.0 Å². The number of rotatable bonds is 7. The lowest BCUT2D eigenvalue weighted by atomic mass is 9.88. The number of primary amides is 1. The molecule has 0 radical (unpaired) electrons. The van der Waals surface area contributed by atoms with Gasteiger partial charge in [-0.05, 0) is 37.8 Å². The van der Waals surface area contributed by atoms with E-state index >= 15 is 0 Å². The van der Waals surface area contributed by atoms with Gasteiger partial charge in [0.2, 0.25) is 11.9 Å². The summed E-state index contributed by atoms with van der Waals surface area (Å²) in [6.07, 6.45) is 8.66. The summed E-state index contributed by atoms with van der Waals surface area (Å²) >= 11 is 0. The van der Waals surface area contributed by atoms with Crippen molar-refractivity contribution in [1.82, 2.24) is 21.5 Å². The van der Waals surface area contributed by atoms with Gasteiger partial charge in [0, 0.05) is 30.9 Å². The number of nitrogens with one attached hydrogen (secondary N) is 4. The van der Waals surface area contributed by atoms with Crippen molar-refractivity contribution in [3.8, 4) is 0 Å². The number of nitrogens with zero attached hydrogens (tertiary/aromatic N) is 2.